The quantitative estimate of drug-likeness (QED) is 0.859. The van der Waals surface area contributed by atoms with Gasteiger partial charge in [-0.15, -0.1) is 0 Å². The summed E-state index contributed by atoms with van der Waals surface area (Å²) in [6.07, 6.45) is 2.03. The van der Waals surface area contributed by atoms with Crippen LogP contribution in [0, 0.1) is 5.92 Å². The highest BCUT2D eigenvalue weighted by Crippen LogP contribution is 2.21. The number of hydrogen-bond acceptors (Lipinski definition) is 2. The van der Waals surface area contributed by atoms with Gasteiger partial charge in [0.25, 0.3) is 0 Å². The molecular formula is C21H25ClN2O. The number of piperidine rings is 1. The van der Waals surface area contributed by atoms with Gasteiger partial charge in [-0.25, -0.2) is 0 Å². The van der Waals surface area contributed by atoms with Gasteiger partial charge >= 0.3 is 0 Å². The molecule has 1 amide bonds. The highest BCUT2D eigenvalue weighted by atomic mass is 35.5. The Hall–Kier alpha value is -1.84. The van der Waals surface area contributed by atoms with Crippen LogP contribution in [0.25, 0.3) is 0 Å². The number of nitrogens with one attached hydrogen (secondary N) is 1. The SMILES string of the molecule is C[C@@H](NC(=O)[C@@H]1CCCN(Cc2ccccc2)C1)c1ccc(Cl)cc1. The minimum Gasteiger partial charge on any atom is -0.349 e. The Morgan fingerprint density at radius 3 is 2.64 bits per heavy atom. The van der Waals surface area contributed by atoms with E-state index in [2.05, 4.69) is 34.5 Å². The predicted octanol–water partition coefficient (Wildman–Crippen LogP) is 4.43. The fourth-order valence-corrected chi connectivity index (χ4v) is 3.55. The van der Waals surface area contributed by atoms with E-state index >= 15 is 0 Å². The van der Waals surface area contributed by atoms with Crippen LogP contribution in [0.3, 0.4) is 0 Å². The van der Waals surface area contributed by atoms with E-state index in [1.165, 1.54) is 5.56 Å². The molecule has 2 atom stereocenters. The van der Waals surface area contributed by atoms with Crippen LogP contribution in [0.4, 0.5) is 0 Å². The van der Waals surface area contributed by atoms with E-state index in [0.29, 0.717) is 5.02 Å². The summed E-state index contributed by atoms with van der Waals surface area (Å²) in [6, 6.07) is 18.1. The highest BCUT2D eigenvalue weighted by molar-refractivity contribution is 6.30. The molecule has 0 aromatic heterocycles. The molecule has 3 rings (SSSR count). The van der Waals surface area contributed by atoms with Gasteiger partial charge in [-0.2, -0.15) is 0 Å². The maximum atomic E-state index is 12.7. The van der Waals surface area contributed by atoms with Gasteiger partial charge in [0.05, 0.1) is 12.0 Å². The van der Waals surface area contributed by atoms with E-state index in [4.69, 9.17) is 11.6 Å². The van der Waals surface area contributed by atoms with Gasteiger partial charge in [0, 0.05) is 18.1 Å². The second-order valence-corrected chi connectivity index (χ2v) is 7.28. The second kappa shape index (κ2) is 8.50. The summed E-state index contributed by atoms with van der Waals surface area (Å²) in [6.45, 7) is 4.82. The smallest absolute Gasteiger partial charge is 0.224 e. The van der Waals surface area contributed by atoms with Crippen molar-refractivity contribution in [3.63, 3.8) is 0 Å². The second-order valence-electron chi connectivity index (χ2n) is 6.84. The Morgan fingerprint density at radius 2 is 1.92 bits per heavy atom. The Morgan fingerprint density at radius 1 is 1.20 bits per heavy atom. The van der Waals surface area contributed by atoms with Crippen molar-refractivity contribution >= 4 is 17.5 Å². The van der Waals surface area contributed by atoms with Crippen LogP contribution in [0.15, 0.2) is 54.6 Å². The number of carbonyl (C=O) groups excluding carboxylic acids is 1. The van der Waals surface area contributed by atoms with Crippen LogP contribution in [0.2, 0.25) is 5.02 Å². The van der Waals surface area contributed by atoms with Gasteiger partial charge in [-0.3, -0.25) is 9.69 Å². The van der Waals surface area contributed by atoms with Gasteiger partial charge in [-0.1, -0.05) is 54.1 Å². The number of halogens is 1. The molecule has 132 valence electrons. The van der Waals surface area contributed by atoms with Crippen LogP contribution in [-0.4, -0.2) is 23.9 Å². The summed E-state index contributed by atoms with van der Waals surface area (Å²) in [4.78, 5) is 15.1. The van der Waals surface area contributed by atoms with Gasteiger partial charge in [0.1, 0.15) is 0 Å². The van der Waals surface area contributed by atoms with E-state index in [9.17, 15) is 4.79 Å². The molecule has 0 radical (unpaired) electrons. The van der Waals surface area contributed by atoms with E-state index in [1.54, 1.807) is 0 Å². The number of benzene rings is 2. The van der Waals surface area contributed by atoms with Crippen molar-refractivity contribution in [1.82, 2.24) is 10.2 Å². The van der Waals surface area contributed by atoms with Crippen molar-refractivity contribution in [2.75, 3.05) is 13.1 Å². The first-order valence-electron chi connectivity index (χ1n) is 8.94. The first kappa shape index (κ1) is 18.0. The number of likely N-dealkylation sites (tertiary alicyclic amines) is 1. The van der Waals surface area contributed by atoms with Crippen LogP contribution >= 0.6 is 11.6 Å². The molecule has 0 aliphatic carbocycles. The summed E-state index contributed by atoms with van der Waals surface area (Å²) in [5, 5.41) is 3.88. The average molecular weight is 357 g/mol. The number of amides is 1. The molecule has 25 heavy (non-hydrogen) atoms. The third-order valence-corrected chi connectivity index (χ3v) is 5.11. The number of nitrogens with zero attached hydrogens (tertiary/aromatic N) is 1. The van der Waals surface area contributed by atoms with E-state index in [1.807, 2.05) is 37.3 Å². The topological polar surface area (TPSA) is 32.3 Å². The average Bonchev–Trinajstić information content (AvgIpc) is 2.63. The molecule has 2 aromatic carbocycles. The highest BCUT2D eigenvalue weighted by Gasteiger charge is 2.26. The minimum atomic E-state index is -0.00531. The zero-order valence-corrected chi connectivity index (χ0v) is 15.4. The zero-order valence-electron chi connectivity index (χ0n) is 14.6. The fraction of sp³-hybridized carbons (Fsp3) is 0.381. The van der Waals surface area contributed by atoms with Crippen molar-refractivity contribution in [3.05, 3.63) is 70.7 Å². The lowest BCUT2D eigenvalue weighted by atomic mass is 9.96. The summed E-state index contributed by atoms with van der Waals surface area (Å²) < 4.78 is 0. The summed E-state index contributed by atoms with van der Waals surface area (Å²) in [5.74, 6) is 0.215. The zero-order chi connectivity index (χ0) is 17.6. The molecule has 0 unspecified atom stereocenters. The van der Waals surface area contributed by atoms with E-state index < -0.39 is 0 Å². The normalized spacial score (nSPS) is 19.4. The van der Waals surface area contributed by atoms with E-state index in [0.717, 1.165) is 38.0 Å². The van der Waals surface area contributed by atoms with Gasteiger partial charge in [-0.05, 0) is 49.6 Å². The molecule has 1 heterocycles. The summed E-state index contributed by atoms with van der Waals surface area (Å²) in [5.41, 5.74) is 2.38. The standard InChI is InChI=1S/C21H25ClN2O/c1-16(18-9-11-20(22)12-10-18)23-21(25)19-8-5-13-24(15-19)14-17-6-3-2-4-7-17/h2-4,6-7,9-12,16,19H,5,8,13-15H2,1H3,(H,23,25)/t16-,19-/m1/s1. The van der Waals surface area contributed by atoms with Gasteiger partial charge < -0.3 is 5.32 Å². The summed E-state index contributed by atoms with van der Waals surface area (Å²) in [7, 11) is 0. The number of carbonyl (C=O) groups is 1. The Labute approximate surface area is 155 Å². The molecule has 0 saturated carbocycles. The van der Waals surface area contributed by atoms with Crippen molar-refractivity contribution in [2.45, 2.75) is 32.4 Å². The lowest BCUT2D eigenvalue weighted by Gasteiger charge is -2.32. The largest absolute Gasteiger partial charge is 0.349 e. The Bertz CT molecular complexity index is 687. The lowest BCUT2D eigenvalue weighted by molar-refractivity contribution is -0.127. The lowest BCUT2D eigenvalue weighted by Crippen LogP contribution is -2.43. The van der Waals surface area contributed by atoms with Crippen LogP contribution in [-0.2, 0) is 11.3 Å². The molecule has 1 fully saturated rings. The fourth-order valence-electron chi connectivity index (χ4n) is 3.42. The van der Waals surface area contributed by atoms with Gasteiger partial charge in [0.15, 0.2) is 0 Å². The number of hydrogen-bond donors (Lipinski definition) is 1. The van der Waals surface area contributed by atoms with Crippen LogP contribution < -0.4 is 5.32 Å². The van der Waals surface area contributed by atoms with Crippen LogP contribution in [0.5, 0.6) is 0 Å². The molecular weight excluding hydrogens is 332 g/mol. The van der Waals surface area contributed by atoms with Crippen molar-refractivity contribution < 1.29 is 4.79 Å². The third kappa shape index (κ3) is 5.07. The van der Waals surface area contributed by atoms with Crippen molar-refractivity contribution in [1.29, 1.82) is 0 Å². The summed E-state index contributed by atoms with van der Waals surface area (Å²) >= 11 is 5.93. The first-order valence-corrected chi connectivity index (χ1v) is 9.32. The molecule has 0 bridgehead atoms. The molecule has 1 N–H and O–H groups in total. The van der Waals surface area contributed by atoms with Crippen molar-refractivity contribution in [2.24, 2.45) is 5.92 Å². The first-order chi connectivity index (χ1) is 12.1. The molecule has 2 aromatic rings. The van der Waals surface area contributed by atoms with Crippen molar-refractivity contribution in [3.8, 4) is 0 Å². The Kier molecular flexibility index (Phi) is 6.11. The van der Waals surface area contributed by atoms with E-state index in [-0.39, 0.29) is 17.9 Å². The molecule has 4 heteroatoms. The third-order valence-electron chi connectivity index (χ3n) is 4.85. The maximum Gasteiger partial charge on any atom is 0.224 e. The Balaban J connectivity index is 1.55. The molecule has 3 nitrogen and oxygen atoms in total. The van der Waals surface area contributed by atoms with Gasteiger partial charge in [0.2, 0.25) is 5.91 Å². The predicted molar refractivity (Wildman–Crippen MR) is 102 cm³/mol. The maximum absolute atomic E-state index is 12.7. The minimum absolute atomic E-state index is 0.00531. The molecule has 1 saturated heterocycles. The molecule has 1 aliphatic heterocycles. The molecule has 1 aliphatic rings. The van der Waals surface area contributed by atoms with Crippen LogP contribution in [0.1, 0.15) is 36.9 Å². The molecule has 0 spiro atoms. The number of rotatable bonds is 5. The monoisotopic (exact) mass is 356 g/mol.